The number of carboxylic acid groups (broad SMARTS) is 1. The standard InChI is InChI=1S/C14H20N2O2/c1-11(12-5-3-2-4-6-12)13(14(17)18)16-9-7-15-8-10-16/h2-6,11,13,15H,7-10H2,1H3,(H,17,18). The molecule has 0 bridgehead atoms. The highest BCUT2D eigenvalue weighted by Gasteiger charge is 2.32. The third-order valence-electron chi connectivity index (χ3n) is 3.60. The lowest BCUT2D eigenvalue weighted by atomic mass is 9.92. The summed E-state index contributed by atoms with van der Waals surface area (Å²) in [5, 5.41) is 12.7. The highest BCUT2D eigenvalue weighted by atomic mass is 16.4. The summed E-state index contributed by atoms with van der Waals surface area (Å²) in [6.07, 6.45) is 0. The van der Waals surface area contributed by atoms with E-state index in [0.717, 1.165) is 31.7 Å². The third kappa shape index (κ3) is 2.89. The van der Waals surface area contributed by atoms with Crippen molar-refractivity contribution in [1.82, 2.24) is 10.2 Å². The fraction of sp³-hybridized carbons (Fsp3) is 0.500. The number of nitrogens with zero attached hydrogens (tertiary/aromatic N) is 1. The fourth-order valence-electron chi connectivity index (χ4n) is 2.59. The van der Waals surface area contributed by atoms with E-state index < -0.39 is 12.0 Å². The lowest BCUT2D eigenvalue weighted by Gasteiger charge is -2.35. The molecule has 4 heteroatoms. The monoisotopic (exact) mass is 248 g/mol. The average Bonchev–Trinajstić information content (AvgIpc) is 2.40. The Kier molecular flexibility index (Phi) is 4.33. The molecule has 1 aliphatic heterocycles. The van der Waals surface area contributed by atoms with Crippen molar-refractivity contribution in [2.24, 2.45) is 0 Å². The van der Waals surface area contributed by atoms with Crippen LogP contribution in [0.4, 0.5) is 0 Å². The Balaban J connectivity index is 2.16. The molecule has 1 saturated heterocycles. The van der Waals surface area contributed by atoms with Crippen molar-refractivity contribution in [3.63, 3.8) is 0 Å². The Labute approximate surface area is 108 Å². The molecule has 2 atom stereocenters. The second kappa shape index (κ2) is 5.98. The second-order valence-electron chi connectivity index (χ2n) is 4.77. The van der Waals surface area contributed by atoms with Gasteiger partial charge in [0.05, 0.1) is 0 Å². The summed E-state index contributed by atoms with van der Waals surface area (Å²) in [6, 6.07) is 9.45. The maximum atomic E-state index is 11.6. The number of aliphatic carboxylic acids is 1. The van der Waals surface area contributed by atoms with Gasteiger partial charge in [0.25, 0.3) is 0 Å². The van der Waals surface area contributed by atoms with Gasteiger partial charge >= 0.3 is 5.97 Å². The zero-order valence-electron chi connectivity index (χ0n) is 10.7. The number of hydrogen-bond donors (Lipinski definition) is 2. The molecule has 0 aromatic heterocycles. The number of carboxylic acids is 1. The third-order valence-corrected chi connectivity index (χ3v) is 3.60. The number of piperazine rings is 1. The Morgan fingerprint density at radius 1 is 1.28 bits per heavy atom. The van der Waals surface area contributed by atoms with E-state index >= 15 is 0 Å². The molecule has 1 aromatic carbocycles. The van der Waals surface area contributed by atoms with Crippen LogP contribution in [0, 0.1) is 0 Å². The van der Waals surface area contributed by atoms with Crippen LogP contribution in [0.5, 0.6) is 0 Å². The number of benzene rings is 1. The van der Waals surface area contributed by atoms with E-state index in [0.29, 0.717) is 0 Å². The predicted octanol–water partition coefficient (Wildman–Crippen LogP) is 1.15. The molecule has 4 nitrogen and oxygen atoms in total. The molecule has 0 aliphatic carbocycles. The summed E-state index contributed by atoms with van der Waals surface area (Å²) in [4.78, 5) is 13.6. The van der Waals surface area contributed by atoms with E-state index in [1.54, 1.807) is 0 Å². The largest absolute Gasteiger partial charge is 0.480 e. The van der Waals surface area contributed by atoms with Crippen molar-refractivity contribution < 1.29 is 9.90 Å². The first-order valence-corrected chi connectivity index (χ1v) is 6.42. The summed E-state index contributed by atoms with van der Waals surface area (Å²) in [7, 11) is 0. The van der Waals surface area contributed by atoms with Crippen LogP contribution in [0.3, 0.4) is 0 Å². The molecular formula is C14H20N2O2. The molecule has 2 rings (SSSR count). The van der Waals surface area contributed by atoms with Gasteiger partial charge < -0.3 is 10.4 Å². The molecule has 98 valence electrons. The van der Waals surface area contributed by atoms with Crippen molar-refractivity contribution in [3.8, 4) is 0 Å². The van der Waals surface area contributed by atoms with E-state index in [4.69, 9.17) is 0 Å². The van der Waals surface area contributed by atoms with E-state index in [-0.39, 0.29) is 5.92 Å². The average molecular weight is 248 g/mol. The van der Waals surface area contributed by atoms with Gasteiger partial charge in [0.1, 0.15) is 6.04 Å². The molecule has 0 amide bonds. The van der Waals surface area contributed by atoms with Crippen LogP contribution in [0.15, 0.2) is 30.3 Å². The number of rotatable bonds is 4. The maximum absolute atomic E-state index is 11.6. The fourth-order valence-corrected chi connectivity index (χ4v) is 2.59. The summed E-state index contributed by atoms with van der Waals surface area (Å²) in [5.41, 5.74) is 1.09. The van der Waals surface area contributed by atoms with Gasteiger partial charge in [0.2, 0.25) is 0 Å². The minimum absolute atomic E-state index is 0.00167. The van der Waals surface area contributed by atoms with Crippen LogP contribution in [0.25, 0.3) is 0 Å². The zero-order chi connectivity index (χ0) is 13.0. The molecule has 1 heterocycles. The van der Waals surface area contributed by atoms with Crippen LogP contribution < -0.4 is 5.32 Å². The van der Waals surface area contributed by atoms with Gasteiger partial charge in [-0.2, -0.15) is 0 Å². The van der Waals surface area contributed by atoms with Crippen LogP contribution in [-0.4, -0.2) is 48.2 Å². The number of nitrogens with one attached hydrogen (secondary N) is 1. The van der Waals surface area contributed by atoms with Crippen molar-refractivity contribution in [1.29, 1.82) is 0 Å². The van der Waals surface area contributed by atoms with Gasteiger partial charge in [-0.15, -0.1) is 0 Å². The number of carbonyl (C=O) groups is 1. The Hall–Kier alpha value is -1.39. The van der Waals surface area contributed by atoms with Crippen LogP contribution >= 0.6 is 0 Å². The number of hydrogen-bond acceptors (Lipinski definition) is 3. The summed E-state index contributed by atoms with van der Waals surface area (Å²) >= 11 is 0. The first-order valence-electron chi connectivity index (χ1n) is 6.42. The lowest BCUT2D eigenvalue weighted by molar-refractivity contribution is -0.144. The van der Waals surface area contributed by atoms with Crippen LogP contribution in [0.1, 0.15) is 18.4 Å². The minimum Gasteiger partial charge on any atom is -0.480 e. The highest BCUT2D eigenvalue weighted by molar-refractivity contribution is 5.75. The topological polar surface area (TPSA) is 52.6 Å². The quantitative estimate of drug-likeness (QED) is 0.839. The molecule has 1 aliphatic rings. The van der Waals surface area contributed by atoms with Gasteiger partial charge in [-0.25, -0.2) is 0 Å². The van der Waals surface area contributed by atoms with E-state index in [1.807, 2.05) is 37.3 Å². The van der Waals surface area contributed by atoms with Crippen molar-refractivity contribution in [2.45, 2.75) is 18.9 Å². The second-order valence-corrected chi connectivity index (χ2v) is 4.77. The van der Waals surface area contributed by atoms with E-state index in [9.17, 15) is 9.90 Å². The smallest absolute Gasteiger partial charge is 0.321 e. The first-order chi connectivity index (χ1) is 8.70. The van der Waals surface area contributed by atoms with Gasteiger partial charge in [0.15, 0.2) is 0 Å². The molecule has 0 spiro atoms. The van der Waals surface area contributed by atoms with Crippen molar-refractivity contribution in [3.05, 3.63) is 35.9 Å². The predicted molar refractivity (Wildman–Crippen MR) is 70.7 cm³/mol. The molecule has 1 fully saturated rings. The highest BCUT2D eigenvalue weighted by Crippen LogP contribution is 2.23. The zero-order valence-corrected chi connectivity index (χ0v) is 10.7. The normalized spacial score (nSPS) is 20.3. The molecule has 0 radical (unpaired) electrons. The minimum atomic E-state index is -0.728. The van der Waals surface area contributed by atoms with Crippen molar-refractivity contribution >= 4 is 5.97 Å². The maximum Gasteiger partial charge on any atom is 0.321 e. The van der Waals surface area contributed by atoms with Gasteiger partial charge in [-0.1, -0.05) is 37.3 Å². The molecule has 0 saturated carbocycles. The van der Waals surface area contributed by atoms with E-state index in [1.165, 1.54) is 0 Å². The first kappa shape index (κ1) is 13.1. The molecule has 2 unspecified atom stereocenters. The van der Waals surface area contributed by atoms with Crippen molar-refractivity contribution in [2.75, 3.05) is 26.2 Å². The Bertz CT molecular complexity index is 388. The van der Waals surface area contributed by atoms with Crippen LogP contribution in [-0.2, 0) is 4.79 Å². The molecule has 18 heavy (non-hydrogen) atoms. The Morgan fingerprint density at radius 3 is 2.44 bits per heavy atom. The van der Waals surface area contributed by atoms with Gasteiger partial charge in [-0.05, 0) is 5.56 Å². The van der Waals surface area contributed by atoms with Gasteiger partial charge in [-0.3, -0.25) is 9.69 Å². The molecule has 2 N–H and O–H groups in total. The summed E-state index contributed by atoms with van der Waals surface area (Å²) in [6.45, 7) is 5.33. The molecular weight excluding hydrogens is 228 g/mol. The van der Waals surface area contributed by atoms with Gasteiger partial charge in [0, 0.05) is 32.1 Å². The Morgan fingerprint density at radius 2 is 1.89 bits per heavy atom. The molecule has 1 aromatic rings. The lowest BCUT2D eigenvalue weighted by Crippen LogP contribution is -2.53. The SMILES string of the molecule is CC(c1ccccc1)C(C(=O)O)N1CCNCC1. The summed E-state index contributed by atoms with van der Waals surface area (Å²) < 4.78 is 0. The summed E-state index contributed by atoms with van der Waals surface area (Å²) in [5.74, 6) is -0.727. The van der Waals surface area contributed by atoms with E-state index in [2.05, 4.69) is 10.2 Å². The van der Waals surface area contributed by atoms with Crippen LogP contribution in [0.2, 0.25) is 0 Å².